The first-order valence-corrected chi connectivity index (χ1v) is 10.2. The van der Waals surface area contributed by atoms with Crippen molar-refractivity contribution in [2.24, 2.45) is 0 Å². The van der Waals surface area contributed by atoms with Crippen LogP contribution in [0.3, 0.4) is 0 Å². The van der Waals surface area contributed by atoms with Crippen LogP contribution in [0.15, 0.2) is 10.7 Å². The van der Waals surface area contributed by atoms with Crippen molar-refractivity contribution in [2.75, 3.05) is 24.2 Å². The second-order valence-electron chi connectivity index (χ2n) is 7.14. The molecule has 1 aliphatic heterocycles. The zero-order valence-corrected chi connectivity index (χ0v) is 15.5. The summed E-state index contributed by atoms with van der Waals surface area (Å²) in [5.41, 5.74) is 0.646. The number of morpholine rings is 1. The van der Waals surface area contributed by atoms with Crippen LogP contribution in [0.2, 0.25) is 0 Å². The maximum absolute atomic E-state index is 6.51. The number of anilines is 1. The molecular weight excluding hydrogens is 328 g/mol. The quantitative estimate of drug-likeness (QED) is 0.769. The number of thiazole rings is 1. The molecule has 7 heteroatoms. The zero-order valence-electron chi connectivity index (χ0n) is 13.8. The van der Waals surface area contributed by atoms with Crippen molar-refractivity contribution < 1.29 is 4.74 Å². The smallest absolute Gasteiger partial charge is 0.176 e. The SMILES string of the molecule is CSc1nc2ncnc(N3CC(C)(C)OC4(CCCC4)C3)c2s1. The lowest BCUT2D eigenvalue weighted by molar-refractivity contribution is -0.148. The summed E-state index contributed by atoms with van der Waals surface area (Å²) in [7, 11) is 0. The summed E-state index contributed by atoms with van der Waals surface area (Å²) in [5, 5.41) is 0. The molecule has 0 bridgehead atoms. The van der Waals surface area contributed by atoms with Crippen molar-refractivity contribution in [2.45, 2.75) is 55.1 Å². The molecule has 124 valence electrons. The fourth-order valence-electron chi connectivity index (χ4n) is 3.98. The molecule has 2 aliphatic rings. The third-order valence-corrected chi connectivity index (χ3v) is 6.71. The Morgan fingerprint density at radius 3 is 2.74 bits per heavy atom. The molecule has 4 rings (SSSR count). The molecule has 1 saturated carbocycles. The third kappa shape index (κ3) is 2.83. The molecule has 0 unspecified atom stereocenters. The molecule has 2 fully saturated rings. The van der Waals surface area contributed by atoms with Gasteiger partial charge in [0.2, 0.25) is 0 Å². The van der Waals surface area contributed by atoms with Crippen LogP contribution in [-0.2, 0) is 4.74 Å². The van der Waals surface area contributed by atoms with E-state index in [1.165, 1.54) is 12.8 Å². The first kappa shape index (κ1) is 15.6. The molecule has 3 heterocycles. The van der Waals surface area contributed by atoms with Gasteiger partial charge in [0.1, 0.15) is 11.0 Å². The molecule has 0 N–H and O–H groups in total. The van der Waals surface area contributed by atoms with Gasteiger partial charge in [-0.2, -0.15) is 0 Å². The van der Waals surface area contributed by atoms with Gasteiger partial charge in [-0.15, -0.1) is 11.3 Å². The summed E-state index contributed by atoms with van der Waals surface area (Å²) in [6, 6.07) is 0. The second-order valence-corrected chi connectivity index (χ2v) is 9.19. The number of hydrogen-bond donors (Lipinski definition) is 0. The van der Waals surface area contributed by atoms with E-state index in [4.69, 9.17) is 4.74 Å². The summed E-state index contributed by atoms with van der Waals surface area (Å²) in [6.07, 6.45) is 8.53. The van der Waals surface area contributed by atoms with Gasteiger partial charge in [0.25, 0.3) is 0 Å². The summed E-state index contributed by atoms with van der Waals surface area (Å²) >= 11 is 3.36. The van der Waals surface area contributed by atoms with Crippen molar-refractivity contribution in [3.8, 4) is 0 Å². The number of hydrogen-bond acceptors (Lipinski definition) is 7. The molecule has 0 aromatic carbocycles. The Morgan fingerprint density at radius 1 is 1.22 bits per heavy atom. The van der Waals surface area contributed by atoms with Gasteiger partial charge in [-0.05, 0) is 32.9 Å². The van der Waals surface area contributed by atoms with E-state index < -0.39 is 0 Å². The fourth-order valence-corrected chi connectivity index (χ4v) is 5.51. The van der Waals surface area contributed by atoms with Gasteiger partial charge in [-0.3, -0.25) is 0 Å². The minimum absolute atomic E-state index is 0.00789. The molecule has 0 atom stereocenters. The number of thioether (sulfide) groups is 1. The highest BCUT2D eigenvalue weighted by molar-refractivity contribution is 8.00. The Balaban J connectivity index is 1.75. The molecule has 1 spiro atoms. The van der Waals surface area contributed by atoms with Crippen LogP contribution in [0, 0.1) is 0 Å². The third-order valence-electron chi connectivity index (χ3n) is 4.69. The lowest BCUT2D eigenvalue weighted by atomic mass is 9.94. The van der Waals surface area contributed by atoms with E-state index in [1.807, 2.05) is 0 Å². The van der Waals surface area contributed by atoms with Crippen molar-refractivity contribution in [1.29, 1.82) is 0 Å². The molecule has 1 saturated heterocycles. The highest BCUT2D eigenvalue weighted by atomic mass is 32.2. The monoisotopic (exact) mass is 350 g/mol. The van der Waals surface area contributed by atoms with Gasteiger partial charge in [0, 0.05) is 13.1 Å². The second kappa shape index (κ2) is 5.57. The largest absolute Gasteiger partial charge is 0.365 e. The van der Waals surface area contributed by atoms with E-state index >= 15 is 0 Å². The van der Waals surface area contributed by atoms with Gasteiger partial charge >= 0.3 is 0 Å². The van der Waals surface area contributed by atoms with E-state index in [2.05, 4.69) is 40.0 Å². The Labute approximate surface area is 144 Å². The number of aromatic nitrogens is 3. The van der Waals surface area contributed by atoms with Gasteiger partial charge in [0.15, 0.2) is 15.8 Å². The van der Waals surface area contributed by atoms with Gasteiger partial charge in [-0.25, -0.2) is 15.0 Å². The minimum Gasteiger partial charge on any atom is -0.365 e. The van der Waals surface area contributed by atoms with Gasteiger partial charge < -0.3 is 9.64 Å². The van der Waals surface area contributed by atoms with Crippen LogP contribution in [0.1, 0.15) is 39.5 Å². The molecule has 0 amide bonds. The Bertz CT molecular complexity index is 724. The van der Waals surface area contributed by atoms with Gasteiger partial charge in [-0.1, -0.05) is 24.6 Å². The average Bonchev–Trinajstić information content (AvgIpc) is 3.11. The molecule has 5 nitrogen and oxygen atoms in total. The van der Waals surface area contributed by atoms with Crippen molar-refractivity contribution in [1.82, 2.24) is 15.0 Å². The Kier molecular flexibility index (Phi) is 3.77. The number of rotatable bonds is 2. The summed E-state index contributed by atoms with van der Waals surface area (Å²) < 4.78 is 8.66. The van der Waals surface area contributed by atoms with Crippen LogP contribution in [-0.4, -0.2) is 45.5 Å². The predicted octanol–water partition coefficient (Wildman–Crippen LogP) is 3.74. The maximum atomic E-state index is 6.51. The van der Waals surface area contributed by atoms with Crippen LogP contribution < -0.4 is 4.90 Å². The first-order valence-electron chi connectivity index (χ1n) is 8.11. The van der Waals surface area contributed by atoms with E-state index in [0.29, 0.717) is 0 Å². The highest BCUT2D eigenvalue weighted by Gasteiger charge is 2.46. The van der Waals surface area contributed by atoms with Crippen LogP contribution in [0.4, 0.5) is 5.82 Å². The van der Waals surface area contributed by atoms with E-state index in [0.717, 1.165) is 46.4 Å². The average molecular weight is 351 g/mol. The van der Waals surface area contributed by atoms with Gasteiger partial charge in [0.05, 0.1) is 11.2 Å². The molecule has 23 heavy (non-hydrogen) atoms. The highest BCUT2D eigenvalue weighted by Crippen LogP contribution is 2.43. The zero-order chi connectivity index (χ0) is 16.1. The summed E-state index contributed by atoms with van der Waals surface area (Å²) in [5.74, 6) is 1.02. The first-order chi connectivity index (χ1) is 11.0. The van der Waals surface area contributed by atoms with Crippen LogP contribution in [0.25, 0.3) is 10.3 Å². The Morgan fingerprint density at radius 2 is 2.00 bits per heavy atom. The van der Waals surface area contributed by atoms with Crippen molar-refractivity contribution in [3.63, 3.8) is 0 Å². The van der Waals surface area contributed by atoms with E-state index in [-0.39, 0.29) is 11.2 Å². The standard InChI is InChI=1S/C16H22N4OS2/c1-15(2)8-20(9-16(21-15)6-4-5-7-16)13-11-12(17-10-18-13)19-14(22-3)23-11/h10H,4-9H2,1-3H3. The van der Waals surface area contributed by atoms with Crippen molar-refractivity contribution in [3.05, 3.63) is 6.33 Å². The van der Waals surface area contributed by atoms with Crippen molar-refractivity contribution >= 4 is 39.3 Å². The molecular formula is C16H22N4OS2. The summed E-state index contributed by atoms with van der Waals surface area (Å²) in [6.45, 7) is 6.16. The molecule has 2 aromatic heterocycles. The van der Waals surface area contributed by atoms with Crippen LogP contribution in [0.5, 0.6) is 0 Å². The number of nitrogens with zero attached hydrogens (tertiary/aromatic N) is 4. The van der Waals surface area contributed by atoms with Crippen LogP contribution >= 0.6 is 23.1 Å². The minimum atomic E-state index is -0.160. The fraction of sp³-hybridized carbons (Fsp3) is 0.688. The maximum Gasteiger partial charge on any atom is 0.176 e. The van der Waals surface area contributed by atoms with E-state index in [9.17, 15) is 0 Å². The number of fused-ring (bicyclic) bond motifs is 1. The molecule has 1 aliphatic carbocycles. The predicted molar refractivity (Wildman–Crippen MR) is 95.6 cm³/mol. The molecule has 0 radical (unpaired) electrons. The van der Waals surface area contributed by atoms with E-state index in [1.54, 1.807) is 29.4 Å². The lowest BCUT2D eigenvalue weighted by Crippen LogP contribution is -2.59. The topological polar surface area (TPSA) is 51.1 Å². The molecule has 2 aromatic rings. The Hall–Kier alpha value is -0.920. The summed E-state index contributed by atoms with van der Waals surface area (Å²) in [4.78, 5) is 16.0. The normalized spacial score (nSPS) is 23.0. The lowest BCUT2D eigenvalue weighted by Gasteiger charge is -2.49. The number of ether oxygens (including phenoxy) is 1.